The van der Waals surface area contributed by atoms with Gasteiger partial charge in [0.05, 0.1) is 4.70 Å². The number of rotatable bonds is 1. The highest BCUT2D eigenvalue weighted by Gasteiger charge is 2.07. The van der Waals surface area contributed by atoms with Crippen molar-refractivity contribution in [3.63, 3.8) is 0 Å². The molecule has 2 rings (SSSR count). The molecular formula is C9H4BrIOS. The van der Waals surface area contributed by atoms with Gasteiger partial charge in [0.25, 0.3) is 0 Å². The van der Waals surface area contributed by atoms with Crippen LogP contribution in [0.15, 0.2) is 22.0 Å². The van der Waals surface area contributed by atoms with Crippen molar-refractivity contribution in [3.8, 4) is 0 Å². The zero-order chi connectivity index (χ0) is 9.42. The van der Waals surface area contributed by atoms with Crippen molar-refractivity contribution in [1.29, 1.82) is 0 Å². The van der Waals surface area contributed by atoms with Crippen LogP contribution in [0.1, 0.15) is 10.4 Å². The third kappa shape index (κ3) is 1.55. The number of benzene rings is 1. The van der Waals surface area contributed by atoms with E-state index in [2.05, 4.69) is 38.5 Å². The molecule has 0 aliphatic rings. The minimum absolute atomic E-state index is 0.775. The summed E-state index contributed by atoms with van der Waals surface area (Å²) >= 11 is 7.37. The summed E-state index contributed by atoms with van der Waals surface area (Å²) < 4.78 is 3.40. The molecule has 1 heterocycles. The molecule has 1 nitrogen and oxygen atoms in total. The summed E-state index contributed by atoms with van der Waals surface area (Å²) in [6.45, 7) is 0. The highest BCUT2D eigenvalue weighted by Crippen LogP contribution is 2.34. The molecule has 0 atom stereocenters. The summed E-state index contributed by atoms with van der Waals surface area (Å²) in [7, 11) is 0. The number of carbonyl (C=O) groups is 1. The molecule has 1 aromatic carbocycles. The molecule has 4 heteroatoms. The molecule has 66 valence electrons. The van der Waals surface area contributed by atoms with Crippen molar-refractivity contribution in [3.05, 3.63) is 31.1 Å². The Morgan fingerprint density at radius 2 is 2.23 bits per heavy atom. The van der Waals surface area contributed by atoms with Crippen molar-refractivity contribution < 1.29 is 4.79 Å². The fraction of sp³-hybridized carbons (Fsp3) is 0. The molecule has 0 saturated heterocycles. The van der Waals surface area contributed by atoms with Crippen LogP contribution in [0.25, 0.3) is 10.1 Å². The van der Waals surface area contributed by atoms with E-state index < -0.39 is 0 Å². The van der Waals surface area contributed by atoms with E-state index in [4.69, 9.17) is 0 Å². The monoisotopic (exact) mass is 366 g/mol. The molecule has 0 unspecified atom stereocenters. The van der Waals surface area contributed by atoms with Gasteiger partial charge in [-0.3, -0.25) is 4.79 Å². The number of hydrogen-bond donors (Lipinski definition) is 0. The Labute approximate surface area is 101 Å². The molecule has 0 amide bonds. The van der Waals surface area contributed by atoms with Crippen molar-refractivity contribution in [1.82, 2.24) is 0 Å². The van der Waals surface area contributed by atoms with Crippen molar-refractivity contribution >= 4 is 66.2 Å². The fourth-order valence-corrected chi connectivity index (χ4v) is 3.36. The van der Waals surface area contributed by atoms with Gasteiger partial charge in [0, 0.05) is 24.4 Å². The van der Waals surface area contributed by atoms with Gasteiger partial charge in [0.1, 0.15) is 0 Å². The molecule has 0 aliphatic heterocycles. The van der Waals surface area contributed by atoms with Crippen LogP contribution in [0.5, 0.6) is 0 Å². The first-order valence-electron chi connectivity index (χ1n) is 3.54. The lowest BCUT2D eigenvalue weighted by atomic mass is 10.2. The SMILES string of the molecule is O=Cc1csc2c(Br)c(I)ccc12. The first kappa shape index (κ1) is 9.61. The molecule has 1 aromatic heterocycles. The topological polar surface area (TPSA) is 17.1 Å². The Balaban J connectivity index is 2.88. The minimum Gasteiger partial charge on any atom is -0.298 e. The van der Waals surface area contributed by atoms with E-state index in [0.29, 0.717) is 0 Å². The summed E-state index contributed by atoms with van der Waals surface area (Å²) in [6.07, 6.45) is 0.901. The van der Waals surface area contributed by atoms with Gasteiger partial charge in [-0.1, -0.05) is 6.07 Å². The van der Waals surface area contributed by atoms with Crippen LogP contribution in [0.4, 0.5) is 0 Å². The zero-order valence-electron chi connectivity index (χ0n) is 6.38. The summed E-state index contributed by atoms with van der Waals surface area (Å²) in [5.41, 5.74) is 0.775. The fourth-order valence-electron chi connectivity index (χ4n) is 1.15. The van der Waals surface area contributed by atoms with E-state index in [0.717, 1.165) is 26.4 Å². The molecule has 0 aliphatic carbocycles. The van der Waals surface area contributed by atoms with Gasteiger partial charge in [0.2, 0.25) is 0 Å². The normalized spacial score (nSPS) is 10.6. The van der Waals surface area contributed by atoms with Crippen molar-refractivity contribution in [2.75, 3.05) is 0 Å². The maximum atomic E-state index is 10.7. The van der Waals surface area contributed by atoms with Gasteiger partial charge >= 0.3 is 0 Å². The Kier molecular flexibility index (Phi) is 2.71. The van der Waals surface area contributed by atoms with Crippen molar-refractivity contribution in [2.45, 2.75) is 0 Å². The van der Waals surface area contributed by atoms with Crippen LogP contribution in [-0.4, -0.2) is 6.29 Å². The van der Waals surface area contributed by atoms with E-state index >= 15 is 0 Å². The third-order valence-corrected chi connectivity index (χ3v) is 5.55. The molecule has 0 radical (unpaired) electrons. The lowest BCUT2D eigenvalue weighted by Gasteiger charge is -1.97. The molecule has 2 aromatic rings. The van der Waals surface area contributed by atoms with Gasteiger partial charge in [0.15, 0.2) is 6.29 Å². The van der Waals surface area contributed by atoms with Crippen LogP contribution in [0, 0.1) is 3.57 Å². The lowest BCUT2D eigenvalue weighted by molar-refractivity contribution is 0.112. The summed E-state index contributed by atoms with van der Waals surface area (Å²) in [5.74, 6) is 0. The van der Waals surface area contributed by atoms with E-state index in [1.807, 2.05) is 17.5 Å². The lowest BCUT2D eigenvalue weighted by Crippen LogP contribution is -1.77. The van der Waals surface area contributed by atoms with E-state index in [1.165, 1.54) is 3.57 Å². The standard InChI is InChI=1S/C9H4BrIOS/c10-8-7(11)2-1-6-5(3-12)4-13-9(6)8/h1-4H. The number of thiophene rings is 1. The van der Waals surface area contributed by atoms with Crippen LogP contribution in [0.3, 0.4) is 0 Å². The predicted octanol–water partition coefficient (Wildman–Crippen LogP) is 4.08. The molecule has 0 N–H and O–H groups in total. The Morgan fingerprint density at radius 3 is 2.92 bits per heavy atom. The first-order chi connectivity index (χ1) is 6.24. The molecular weight excluding hydrogens is 363 g/mol. The molecule has 0 spiro atoms. The first-order valence-corrected chi connectivity index (χ1v) is 6.29. The average molecular weight is 367 g/mol. The van der Waals surface area contributed by atoms with Gasteiger partial charge in [-0.25, -0.2) is 0 Å². The smallest absolute Gasteiger partial charge is 0.151 e. The quantitative estimate of drug-likeness (QED) is 0.549. The highest BCUT2D eigenvalue weighted by atomic mass is 127. The second kappa shape index (κ2) is 3.67. The molecule has 0 fully saturated rings. The summed E-state index contributed by atoms with van der Waals surface area (Å²) in [4.78, 5) is 10.7. The van der Waals surface area contributed by atoms with Crippen LogP contribution < -0.4 is 0 Å². The number of fused-ring (bicyclic) bond motifs is 1. The Hall–Kier alpha value is 0.0600. The maximum Gasteiger partial charge on any atom is 0.151 e. The van der Waals surface area contributed by atoms with Crippen LogP contribution >= 0.6 is 49.9 Å². The second-order valence-electron chi connectivity index (χ2n) is 2.55. The van der Waals surface area contributed by atoms with Crippen LogP contribution in [-0.2, 0) is 0 Å². The molecule has 0 bridgehead atoms. The van der Waals surface area contributed by atoms with E-state index in [1.54, 1.807) is 11.3 Å². The third-order valence-electron chi connectivity index (χ3n) is 1.79. The molecule has 13 heavy (non-hydrogen) atoms. The van der Waals surface area contributed by atoms with E-state index in [-0.39, 0.29) is 0 Å². The highest BCUT2D eigenvalue weighted by molar-refractivity contribution is 14.1. The van der Waals surface area contributed by atoms with Gasteiger partial charge in [-0.15, -0.1) is 11.3 Å². The average Bonchev–Trinajstić information content (AvgIpc) is 2.55. The summed E-state index contributed by atoms with van der Waals surface area (Å²) in [5, 5.41) is 2.92. The Bertz CT molecular complexity index is 478. The maximum absolute atomic E-state index is 10.7. The zero-order valence-corrected chi connectivity index (χ0v) is 10.9. The van der Waals surface area contributed by atoms with Gasteiger partial charge < -0.3 is 0 Å². The Morgan fingerprint density at radius 1 is 1.46 bits per heavy atom. The van der Waals surface area contributed by atoms with Gasteiger partial charge in [-0.05, 0) is 44.6 Å². The number of aldehydes is 1. The minimum atomic E-state index is 0.775. The van der Waals surface area contributed by atoms with Crippen LogP contribution in [0.2, 0.25) is 0 Å². The number of halogens is 2. The second-order valence-corrected chi connectivity index (χ2v) is 5.38. The molecule has 0 saturated carbocycles. The summed E-state index contributed by atoms with van der Waals surface area (Å²) in [6, 6.07) is 3.99. The van der Waals surface area contributed by atoms with Gasteiger partial charge in [-0.2, -0.15) is 0 Å². The predicted molar refractivity (Wildman–Crippen MR) is 67.6 cm³/mol. The number of carbonyl (C=O) groups excluding carboxylic acids is 1. The van der Waals surface area contributed by atoms with Crippen molar-refractivity contribution in [2.24, 2.45) is 0 Å². The largest absolute Gasteiger partial charge is 0.298 e. The number of hydrogen-bond acceptors (Lipinski definition) is 2. The van der Waals surface area contributed by atoms with E-state index in [9.17, 15) is 4.79 Å².